The molecule has 10 heteroatoms. The molecule has 0 atom stereocenters. The van der Waals surface area contributed by atoms with Gasteiger partial charge in [0.15, 0.2) is 11.2 Å². The molecule has 0 radical (unpaired) electrons. The van der Waals surface area contributed by atoms with Crippen molar-refractivity contribution in [1.29, 1.82) is 0 Å². The van der Waals surface area contributed by atoms with Crippen molar-refractivity contribution in [1.82, 2.24) is 18.7 Å². The number of halogens is 2. The minimum absolute atomic E-state index is 0.270. The predicted molar refractivity (Wildman–Crippen MR) is 123 cm³/mol. The Morgan fingerprint density at radius 2 is 1.81 bits per heavy atom. The molecule has 8 nitrogen and oxygen atoms in total. The molecule has 2 aromatic carbocycles. The summed E-state index contributed by atoms with van der Waals surface area (Å²) in [5.41, 5.74) is 4.18. The van der Waals surface area contributed by atoms with Gasteiger partial charge in [0.05, 0.1) is 17.8 Å². The fourth-order valence-corrected chi connectivity index (χ4v) is 3.67. The highest BCUT2D eigenvalue weighted by Gasteiger charge is 2.19. The van der Waals surface area contributed by atoms with Crippen LogP contribution in [-0.4, -0.2) is 24.9 Å². The van der Waals surface area contributed by atoms with Crippen molar-refractivity contribution in [3.8, 4) is 0 Å². The van der Waals surface area contributed by atoms with Crippen molar-refractivity contribution in [2.75, 3.05) is 5.43 Å². The van der Waals surface area contributed by atoms with Crippen LogP contribution >= 0.6 is 23.2 Å². The number of imidazole rings is 1. The highest BCUT2D eigenvalue weighted by Crippen LogP contribution is 2.20. The molecule has 2 heterocycles. The average molecular weight is 457 g/mol. The van der Waals surface area contributed by atoms with Gasteiger partial charge in [-0.05, 0) is 17.7 Å². The molecule has 4 rings (SSSR count). The summed E-state index contributed by atoms with van der Waals surface area (Å²) in [4.78, 5) is 29.7. The first-order valence-electron chi connectivity index (χ1n) is 9.31. The van der Waals surface area contributed by atoms with E-state index >= 15 is 0 Å². The number of hydrazone groups is 1. The molecule has 0 bridgehead atoms. The zero-order chi connectivity index (χ0) is 22.1. The van der Waals surface area contributed by atoms with E-state index in [-0.39, 0.29) is 5.65 Å². The second kappa shape index (κ2) is 8.41. The minimum atomic E-state index is -0.454. The van der Waals surface area contributed by atoms with Crippen molar-refractivity contribution < 1.29 is 0 Å². The number of rotatable bonds is 5. The van der Waals surface area contributed by atoms with Gasteiger partial charge in [-0.1, -0.05) is 59.6 Å². The lowest BCUT2D eigenvalue weighted by atomic mass is 10.2. The molecule has 0 saturated carbocycles. The summed E-state index contributed by atoms with van der Waals surface area (Å²) >= 11 is 12.1. The Morgan fingerprint density at radius 1 is 1.06 bits per heavy atom. The molecule has 1 N–H and O–H groups in total. The topological polar surface area (TPSA) is 86.2 Å². The van der Waals surface area contributed by atoms with E-state index in [0.717, 1.165) is 10.1 Å². The van der Waals surface area contributed by atoms with Gasteiger partial charge in [-0.15, -0.1) is 0 Å². The monoisotopic (exact) mass is 456 g/mol. The van der Waals surface area contributed by atoms with Crippen LogP contribution in [0.1, 0.15) is 11.1 Å². The molecular formula is C21H18Cl2N6O2. The normalized spacial score (nSPS) is 11.5. The van der Waals surface area contributed by atoms with Gasteiger partial charge >= 0.3 is 5.69 Å². The molecule has 0 aliphatic carbocycles. The lowest BCUT2D eigenvalue weighted by Gasteiger charge is -2.09. The summed E-state index contributed by atoms with van der Waals surface area (Å²) in [6, 6.07) is 14.7. The highest BCUT2D eigenvalue weighted by atomic mass is 35.5. The van der Waals surface area contributed by atoms with Gasteiger partial charge in [-0.3, -0.25) is 18.5 Å². The average Bonchev–Trinajstić information content (AvgIpc) is 3.11. The number of aryl methyl sites for hydroxylation is 1. The molecular weight excluding hydrogens is 439 g/mol. The van der Waals surface area contributed by atoms with Gasteiger partial charge in [-0.2, -0.15) is 10.1 Å². The second-order valence-corrected chi connectivity index (χ2v) is 7.76. The quantitative estimate of drug-likeness (QED) is 0.368. The zero-order valence-corrected chi connectivity index (χ0v) is 18.2. The Bertz CT molecular complexity index is 1420. The molecule has 2 aromatic heterocycles. The molecule has 0 aliphatic rings. The fraction of sp³-hybridized carbons (Fsp3) is 0.143. The smallest absolute Gasteiger partial charge is 0.298 e. The first kappa shape index (κ1) is 20.9. The van der Waals surface area contributed by atoms with Crippen LogP contribution in [0.3, 0.4) is 0 Å². The highest BCUT2D eigenvalue weighted by molar-refractivity contribution is 6.36. The van der Waals surface area contributed by atoms with Crippen LogP contribution in [0.5, 0.6) is 0 Å². The maximum atomic E-state index is 12.9. The van der Waals surface area contributed by atoms with Gasteiger partial charge in [0.1, 0.15) is 0 Å². The summed E-state index contributed by atoms with van der Waals surface area (Å²) in [6.07, 6.45) is 1.53. The van der Waals surface area contributed by atoms with Crippen LogP contribution in [0.15, 0.2) is 63.2 Å². The lowest BCUT2D eigenvalue weighted by Crippen LogP contribution is -2.37. The third-order valence-electron chi connectivity index (χ3n) is 4.86. The summed E-state index contributed by atoms with van der Waals surface area (Å²) in [5, 5.41) is 5.20. The Labute approximate surface area is 187 Å². The lowest BCUT2D eigenvalue weighted by molar-refractivity contribution is 0.702. The number of anilines is 1. The molecule has 31 heavy (non-hydrogen) atoms. The molecule has 158 valence electrons. The fourth-order valence-electron chi connectivity index (χ4n) is 3.22. The standard InChI is InChI=1S/C21H18Cl2N6O2/c1-27-18-17(19(30)28(2)21(27)31)29(12-13-6-4-3-5-7-13)20(25-18)26-24-11-14-8-9-15(22)10-16(14)23/h3-11H,12H2,1-2H3,(H,25,26)/b24-11+. The Balaban J connectivity index is 1.81. The maximum absolute atomic E-state index is 12.9. The van der Waals surface area contributed by atoms with Crippen molar-refractivity contribution in [3.05, 3.63) is 90.5 Å². The van der Waals surface area contributed by atoms with Gasteiger partial charge in [0, 0.05) is 24.7 Å². The van der Waals surface area contributed by atoms with Crippen molar-refractivity contribution >= 4 is 46.5 Å². The zero-order valence-electron chi connectivity index (χ0n) is 16.7. The van der Waals surface area contributed by atoms with E-state index in [1.54, 1.807) is 29.8 Å². The maximum Gasteiger partial charge on any atom is 0.332 e. The van der Waals surface area contributed by atoms with E-state index < -0.39 is 11.2 Å². The molecule has 0 fully saturated rings. The number of fused-ring (bicyclic) bond motifs is 1. The van der Waals surface area contributed by atoms with E-state index in [2.05, 4.69) is 15.5 Å². The van der Waals surface area contributed by atoms with E-state index in [9.17, 15) is 9.59 Å². The van der Waals surface area contributed by atoms with Crippen LogP contribution in [0.2, 0.25) is 10.0 Å². The predicted octanol–water partition coefficient (Wildman–Crippen LogP) is 3.23. The Kier molecular flexibility index (Phi) is 5.67. The molecule has 0 saturated heterocycles. The summed E-state index contributed by atoms with van der Waals surface area (Å²) in [7, 11) is 3.02. The number of nitrogens with zero attached hydrogens (tertiary/aromatic N) is 5. The van der Waals surface area contributed by atoms with Crippen LogP contribution in [-0.2, 0) is 20.6 Å². The molecule has 4 aromatic rings. The summed E-state index contributed by atoms with van der Waals surface area (Å²) < 4.78 is 4.10. The minimum Gasteiger partial charge on any atom is -0.298 e. The third-order valence-corrected chi connectivity index (χ3v) is 5.42. The van der Waals surface area contributed by atoms with Crippen LogP contribution in [0, 0.1) is 0 Å². The first-order valence-corrected chi connectivity index (χ1v) is 10.1. The SMILES string of the molecule is Cn1c(=O)c2c(nc(N/N=C/c3ccc(Cl)cc3Cl)n2Cc2ccccc2)n(C)c1=O. The third kappa shape index (κ3) is 3.99. The van der Waals surface area contributed by atoms with E-state index in [4.69, 9.17) is 23.2 Å². The van der Waals surface area contributed by atoms with E-state index in [1.165, 1.54) is 17.8 Å². The number of hydrogen-bond donors (Lipinski definition) is 1. The molecule has 0 amide bonds. The summed E-state index contributed by atoms with van der Waals surface area (Å²) in [6.45, 7) is 0.365. The van der Waals surface area contributed by atoms with Gasteiger partial charge < -0.3 is 0 Å². The second-order valence-electron chi connectivity index (χ2n) is 6.92. The largest absolute Gasteiger partial charge is 0.332 e. The first-order chi connectivity index (χ1) is 14.9. The number of hydrogen-bond acceptors (Lipinski definition) is 5. The number of benzene rings is 2. The van der Waals surface area contributed by atoms with Crippen LogP contribution in [0.4, 0.5) is 5.95 Å². The van der Waals surface area contributed by atoms with Crippen molar-refractivity contribution in [3.63, 3.8) is 0 Å². The Hall–Kier alpha value is -3.36. The molecule has 0 unspecified atom stereocenters. The van der Waals surface area contributed by atoms with Crippen LogP contribution in [0.25, 0.3) is 11.2 Å². The number of nitrogens with one attached hydrogen (secondary N) is 1. The van der Waals surface area contributed by atoms with E-state index in [1.807, 2.05) is 30.3 Å². The van der Waals surface area contributed by atoms with Crippen molar-refractivity contribution in [2.24, 2.45) is 19.2 Å². The van der Waals surface area contributed by atoms with Gasteiger partial charge in [-0.25, -0.2) is 10.2 Å². The molecule has 0 spiro atoms. The molecule has 0 aliphatic heterocycles. The van der Waals surface area contributed by atoms with Gasteiger partial charge in [0.25, 0.3) is 5.56 Å². The van der Waals surface area contributed by atoms with E-state index in [0.29, 0.717) is 33.6 Å². The summed E-state index contributed by atoms with van der Waals surface area (Å²) in [5.74, 6) is 0.318. The van der Waals surface area contributed by atoms with Gasteiger partial charge in [0.2, 0.25) is 5.95 Å². The Morgan fingerprint density at radius 3 is 2.52 bits per heavy atom. The van der Waals surface area contributed by atoms with Crippen molar-refractivity contribution in [2.45, 2.75) is 6.54 Å². The van der Waals surface area contributed by atoms with Crippen LogP contribution < -0.4 is 16.7 Å². The number of aromatic nitrogens is 4.